The van der Waals surface area contributed by atoms with E-state index in [4.69, 9.17) is 32.7 Å². The lowest BCUT2D eigenvalue weighted by Gasteiger charge is -2.08. The second-order valence-electron chi connectivity index (χ2n) is 3.69. The monoisotopic (exact) mass is 314 g/mol. The number of hydrogen-bond acceptors (Lipinski definition) is 3. The molecule has 0 fully saturated rings. The molecule has 2 aromatic rings. The Morgan fingerprint density at radius 2 is 1.21 bits per heavy atom. The maximum atomic E-state index is 6.09. The number of hydrogen-bond donors (Lipinski definition) is 0. The molecule has 0 N–H and O–H groups in total. The Morgan fingerprint density at radius 1 is 0.789 bits per heavy atom. The van der Waals surface area contributed by atoms with Crippen molar-refractivity contribution in [2.24, 2.45) is 0 Å². The van der Waals surface area contributed by atoms with Gasteiger partial charge in [-0.2, -0.15) is 0 Å². The Hall–Kier alpha value is -1.03. The first-order valence-electron chi connectivity index (χ1n) is 5.49. The van der Waals surface area contributed by atoms with Gasteiger partial charge in [-0.25, -0.2) is 0 Å². The first-order valence-corrected chi connectivity index (χ1v) is 7.06. The molecule has 0 amide bonds. The molecule has 0 aliphatic carbocycles. The maximum absolute atomic E-state index is 6.09. The molecular weight excluding hydrogens is 303 g/mol. The third-order valence-corrected chi connectivity index (χ3v) is 4.05. The normalized spacial score (nSPS) is 10.3. The summed E-state index contributed by atoms with van der Waals surface area (Å²) in [4.78, 5) is 2.04. The molecule has 0 spiro atoms. The highest BCUT2D eigenvalue weighted by Gasteiger charge is 2.06. The number of ether oxygens (including phenoxy) is 2. The summed E-state index contributed by atoms with van der Waals surface area (Å²) in [7, 11) is 3.19. The largest absolute Gasteiger partial charge is 0.495 e. The molecule has 19 heavy (non-hydrogen) atoms. The lowest BCUT2D eigenvalue weighted by Crippen LogP contribution is -1.85. The zero-order valence-corrected chi connectivity index (χ0v) is 12.8. The van der Waals surface area contributed by atoms with Crippen LogP contribution in [0, 0.1) is 0 Å². The predicted molar refractivity (Wildman–Crippen MR) is 80.1 cm³/mol. The second kappa shape index (κ2) is 6.42. The molecule has 2 aromatic carbocycles. The smallest absolute Gasteiger partial charge is 0.137 e. The lowest BCUT2D eigenvalue weighted by atomic mass is 10.3. The van der Waals surface area contributed by atoms with Crippen molar-refractivity contribution < 1.29 is 9.47 Å². The highest BCUT2D eigenvalue weighted by Crippen LogP contribution is 2.36. The van der Waals surface area contributed by atoms with Crippen LogP contribution in [0.1, 0.15) is 0 Å². The van der Waals surface area contributed by atoms with Crippen LogP contribution < -0.4 is 9.47 Å². The molecule has 0 saturated heterocycles. The quantitative estimate of drug-likeness (QED) is 0.776. The van der Waals surface area contributed by atoms with Crippen LogP contribution in [0.25, 0.3) is 0 Å². The highest BCUT2D eigenvalue weighted by atomic mass is 35.5. The van der Waals surface area contributed by atoms with Gasteiger partial charge in [0.2, 0.25) is 0 Å². The Morgan fingerprint density at radius 3 is 1.53 bits per heavy atom. The van der Waals surface area contributed by atoms with E-state index in [1.807, 2.05) is 36.4 Å². The Bertz CT molecular complexity index is 536. The molecule has 0 bridgehead atoms. The van der Waals surface area contributed by atoms with E-state index < -0.39 is 0 Å². The Balaban J connectivity index is 2.21. The van der Waals surface area contributed by atoms with Gasteiger partial charge >= 0.3 is 0 Å². The number of methoxy groups -OCH3 is 2. The summed E-state index contributed by atoms with van der Waals surface area (Å²) in [5.41, 5.74) is 0. The first kappa shape index (κ1) is 14.4. The number of benzene rings is 2. The van der Waals surface area contributed by atoms with E-state index in [2.05, 4.69) is 0 Å². The van der Waals surface area contributed by atoms with Crippen LogP contribution in [0.5, 0.6) is 11.5 Å². The van der Waals surface area contributed by atoms with Gasteiger partial charge in [-0.15, -0.1) is 0 Å². The third-order valence-electron chi connectivity index (χ3n) is 2.48. The standard InChI is InChI=1S/C14H12Cl2O2S/c1-17-13-5-3-9(7-11(13)15)19-10-4-6-14(18-2)12(16)8-10/h3-8H,1-2H3. The second-order valence-corrected chi connectivity index (χ2v) is 5.66. The van der Waals surface area contributed by atoms with Crippen LogP contribution >= 0.6 is 35.0 Å². The van der Waals surface area contributed by atoms with Crippen molar-refractivity contribution in [1.29, 1.82) is 0 Å². The summed E-state index contributed by atoms with van der Waals surface area (Å²) in [5, 5.41) is 1.18. The fraction of sp³-hybridized carbons (Fsp3) is 0.143. The van der Waals surface area contributed by atoms with E-state index in [1.54, 1.807) is 26.0 Å². The van der Waals surface area contributed by atoms with Crippen LogP contribution in [0.2, 0.25) is 10.0 Å². The molecule has 0 saturated carbocycles. The molecule has 2 nitrogen and oxygen atoms in total. The summed E-state index contributed by atoms with van der Waals surface area (Å²) in [6.45, 7) is 0. The SMILES string of the molecule is COc1ccc(Sc2ccc(OC)c(Cl)c2)cc1Cl. The Kier molecular flexibility index (Phi) is 4.86. The summed E-state index contributed by atoms with van der Waals surface area (Å²) in [5.74, 6) is 1.33. The van der Waals surface area contributed by atoms with E-state index >= 15 is 0 Å². The first-order chi connectivity index (χ1) is 9.13. The molecule has 0 heterocycles. The van der Waals surface area contributed by atoms with Crippen LogP contribution in [-0.4, -0.2) is 14.2 Å². The van der Waals surface area contributed by atoms with E-state index in [0.29, 0.717) is 21.5 Å². The van der Waals surface area contributed by atoms with Gasteiger partial charge in [0.1, 0.15) is 11.5 Å². The zero-order chi connectivity index (χ0) is 13.8. The van der Waals surface area contributed by atoms with Crippen LogP contribution in [0.3, 0.4) is 0 Å². The number of rotatable bonds is 4. The summed E-state index contributed by atoms with van der Waals surface area (Å²) in [6, 6.07) is 11.3. The molecular formula is C14H12Cl2O2S. The molecule has 2 rings (SSSR count). The highest BCUT2D eigenvalue weighted by molar-refractivity contribution is 7.99. The van der Waals surface area contributed by atoms with Crippen molar-refractivity contribution in [1.82, 2.24) is 0 Å². The Labute approximate surface area is 126 Å². The van der Waals surface area contributed by atoms with Gasteiger partial charge in [0.25, 0.3) is 0 Å². The third kappa shape index (κ3) is 3.50. The molecule has 0 radical (unpaired) electrons. The minimum absolute atomic E-state index is 0.590. The summed E-state index contributed by atoms with van der Waals surface area (Å²) < 4.78 is 10.2. The summed E-state index contributed by atoms with van der Waals surface area (Å²) >= 11 is 13.8. The molecule has 100 valence electrons. The van der Waals surface area contributed by atoms with Crippen molar-refractivity contribution in [3.63, 3.8) is 0 Å². The van der Waals surface area contributed by atoms with Crippen molar-refractivity contribution in [2.75, 3.05) is 14.2 Å². The minimum Gasteiger partial charge on any atom is -0.495 e. The fourth-order valence-corrected chi connectivity index (χ4v) is 3.10. The molecule has 0 unspecified atom stereocenters. The van der Waals surface area contributed by atoms with E-state index in [9.17, 15) is 0 Å². The van der Waals surface area contributed by atoms with Gasteiger partial charge in [0.15, 0.2) is 0 Å². The van der Waals surface area contributed by atoms with Crippen LogP contribution in [0.15, 0.2) is 46.2 Å². The van der Waals surface area contributed by atoms with Crippen molar-refractivity contribution >= 4 is 35.0 Å². The van der Waals surface area contributed by atoms with Crippen molar-refractivity contribution in [3.8, 4) is 11.5 Å². The lowest BCUT2D eigenvalue weighted by molar-refractivity contribution is 0.414. The maximum Gasteiger partial charge on any atom is 0.137 e. The predicted octanol–water partition coefficient (Wildman–Crippen LogP) is 5.16. The minimum atomic E-state index is 0.590. The van der Waals surface area contributed by atoms with Gasteiger partial charge in [0.05, 0.1) is 24.3 Å². The fourth-order valence-electron chi connectivity index (χ4n) is 1.56. The van der Waals surface area contributed by atoms with Gasteiger partial charge in [-0.1, -0.05) is 35.0 Å². The number of halogens is 2. The average molecular weight is 315 g/mol. The van der Waals surface area contributed by atoms with Crippen LogP contribution in [-0.2, 0) is 0 Å². The van der Waals surface area contributed by atoms with E-state index in [0.717, 1.165) is 9.79 Å². The van der Waals surface area contributed by atoms with Gasteiger partial charge < -0.3 is 9.47 Å². The van der Waals surface area contributed by atoms with Gasteiger partial charge in [0, 0.05) is 9.79 Å². The molecule has 0 aromatic heterocycles. The van der Waals surface area contributed by atoms with Crippen molar-refractivity contribution in [3.05, 3.63) is 46.4 Å². The van der Waals surface area contributed by atoms with Gasteiger partial charge in [-0.05, 0) is 36.4 Å². The topological polar surface area (TPSA) is 18.5 Å². The van der Waals surface area contributed by atoms with E-state index in [-0.39, 0.29) is 0 Å². The van der Waals surface area contributed by atoms with Gasteiger partial charge in [-0.3, -0.25) is 0 Å². The zero-order valence-electron chi connectivity index (χ0n) is 10.4. The molecule has 0 atom stereocenters. The average Bonchev–Trinajstić information content (AvgIpc) is 2.39. The van der Waals surface area contributed by atoms with Crippen molar-refractivity contribution in [2.45, 2.75) is 9.79 Å². The van der Waals surface area contributed by atoms with E-state index in [1.165, 1.54) is 0 Å². The molecule has 5 heteroatoms. The summed E-state index contributed by atoms with van der Waals surface area (Å²) in [6.07, 6.45) is 0. The molecule has 0 aliphatic heterocycles. The molecule has 0 aliphatic rings. The van der Waals surface area contributed by atoms with Crippen LogP contribution in [0.4, 0.5) is 0 Å².